The molecule has 1 fully saturated rings. The van der Waals surface area contributed by atoms with Gasteiger partial charge in [-0.3, -0.25) is 5.01 Å². The summed E-state index contributed by atoms with van der Waals surface area (Å²) in [7, 11) is 0. The maximum Gasteiger partial charge on any atom is 0.215 e. The summed E-state index contributed by atoms with van der Waals surface area (Å²) in [4.78, 5) is 11.9. The average molecular weight is 289 g/mol. The van der Waals surface area contributed by atoms with E-state index in [0.717, 1.165) is 13.1 Å². The van der Waals surface area contributed by atoms with Crippen LogP contribution in [0, 0.1) is 16.7 Å². The molecule has 0 aromatic heterocycles. The van der Waals surface area contributed by atoms with Crippen LogP contribution in [0.1, 0.15) is 20.8 Å². The smallest absolute Gasteiger partial charge is 0.215 e. The third kappa shape index (κ3) is 2.39. The van der Waals surface area contributed by atoms with Crippen LogP contribution in [0.3, 0.4) is 0 Å². The number of hydrogen-bond acceptors (Lipinski definition) is 4. The highest BCUT2D eigenvalue weighted by atomic mass is 16.3. The molecule has 3 aliphatic heterocycles. The van der Waals surface area contributed by atoms with E-state index in [1.165, 1.54) is 15.9 Å². The lowest BCUT2D eigenvalue weighted by atomic mass is 9.75. The Balaban J connectivity index is 2.02. The molecule has 0 amide bonds. The molecule has 1 saturated heterocycles. The zero-order valence-corrected chi connectivity index (χ0v) is 13.1. The predicted octanol–water partition coefficient (Wildman–Crippen LogP) is 1.86. The van der Waals surface area contributed by atoms with Crippen molar-refractivity contribution in [2.24, 2.45) is 11.8 Å². The van der Waals surface area contributed by atoms with Gasteiger partial charge in [0.05, 0.1) is 0 Å². The van der Waals surface area contributed by atoms with Crippen molar-refractivity contribution in [3.8, 4) is 0 Å². The summed E-state index contributed by atoms with van der Waals surface area (Å²) in [5.41, 5.74) is 2.64. The van der Waals surface area contributed by atoms with E-state index in [9.17, 15) is 4.91 Å². The van der Waals surface area contributed by atoms with Gasteiger partial charge in [0.2, 0.25) is 6.54 Å². The third-order valence-corrected chi connectivity index (χ3v) is 4.75. The summed E-state index contributed by atoms with van der Waals surface area (Å²) in [5, 5.41) is 8.06. The number of nitrogens with one attached hydrogen (secondary N) is 1. The third-order valence-electron chi connectivity index (χ3n) is 4.75. The molecule has 3 heterocycles. The summed E-state index contributed by atoms with van der Waals surface area (Å²) >= 11 is 0. The van der Waals surface area contributed by atoms with Gasteiger partial charge in [-0.2, -0.15) is 0 Å². The molecule has 3 rings (SSSR count). The highest BCUT2D eigenvalue weighted by molar-refractivity contribution is 5.36. The molecule has 5 heteroatoms. The Hall–Kier alpha value is -1.62. The van der Waals surface area contributed by atoms with Crippen LogP contribution in [0.15, 0.2) is 35.7 Å². The van der Waals surface area contributed by atoms with Crippen molar-refractivity contribution >= 4 is 0 Å². The second-order valence-electron chi connectivity index (χ2n) is 6.10. The summed E-state index contributed by atoms with van der Waals surface area (Å²) in [6.07, 6.45) is 8.70. The van der Waals surface area contributed by atoms with E-state index in [1.54, 1.807) is 0 Å². The second-order valence-corrected chi connectivity index (χ2v) is 6.10. The fourth-order valence-electron chi connectivity index (χ4n) is 3.86. The molecule has 5 nitrogen and oxygen atoms in total. The van der Waals surface area contributed by atoms with Gasteiger partial charge in [0.25, 0.3) is 0 Å². The van der Waals surface area contributed by atoms with Crippen molar-refractivity contribution in [3.05, 3.63) is 40.6 Å². The van der Waals surface area contributed by atoms with E-state index in [4.69, 9.17) is 0 Å². The fraction of sp³-hybridized carbons (Fsp3) is 0.625. The van der Waals surface area contributed by atoms with Gasteiger partial charge in [0, 0.05) is 46.4 Å². The molecule has 3 atom stereocenters. The zero-order chi connectivity index (χ0) is 15.0. The zero-order valence-electron chi connectivity index (χ0n) is 13.1. The van der Waals surface area contributed by atoms with Gasteiger partial charge in [0.15, 0.2) is 6.54 Å². The van der Waals surface area contributed by atoms with Crippen LogP contribution in [-0.4, -0.2) is 47.1 Å². The number of hydrogen-bond donors (Lipinski definition) is 1. The minimum atomic E-state index is 0.185. The van der Waals surface area contributed by atoms with Gasteiger partial charge >= 0.3 is 0 Å². The van der Waals surface area contributed by atoms with E-state index in [-0.39, 0.29) is 6.17 Å². The van der Waals surface area contributed by atoms with Gasteiger partial charge < -0.3 is 5.32 Å². The molecule has 1 N–H and O–H groups in total. The molecule has 114 valence electrons. The molecule has 0 aromatic rings. The van der Waals surface area contributed by atoms with Crippen LogP contribution in [0.25, 0.3) is 0 Å². The molecule has 21 heavy (non-hydrogen) atoms. The van der Waals surface area contributed by atoms with E-state index >= 15 is 0 Å². The minimum absolute atomic E-state index is 0.185. The Labute approximate surface area is 126 Å². The Morgan fingerprint density at radius 1 is 1.43 bits per heavy atom. The van der Waals surface area contributed by atoms with Crippen molar-refractivity contribution in [2.45, 2.75) is 26.9 Å². The summed E-state index contributed by atoms with van der Waals surface area (Å²) in [6.45, 7) is 9.58. The number of hydrazine groups is 1. The Morgan fingerprint density at radius 2 is 2.19 bits per heavy atom. The van der Waals surface area contributed by atoms with Crippen LogP contribution < -0.4 is 5.32 Å². The number of fused-ring (bicyclic) bond motifs is 3. The molecule has 0 aliphatic carbocycles. The average Bonchev–Trinajstić information content (AvgIpc) is 2.47. The predicted molar refractivity (Wildman–Crippen MR) is 83.0 cm³/mol. The van der Waals surface area contributed by atoms with Crippen LogP contribution in [0.2, 0.25) is 0 Å². The molecular weight excluding hydrogens is 264 g/mol. The van der Waals surface area contributed by atoms with Crippen molar-refractivity contribution < 1.29 is 4.76 Å². The number of allylic oxidation sites excluding steroid dienone is 2. The summed E-state index contributed by atoms with van der Waals surface area (Å²) < 4.78 is 1.19. The van der Waals surface area contributed by atoms with E-state index in [2.05, 4.69) is 54.5 Å². The maximum atomic E-state index is 11.9. The highest BCUT2D eigenvalue weighted by Gasteiger charge is 2.44. The lowest BCUT2D eigenvalue weighted by molar-refractivity contribution is -0.557. The van der Waals surface area contributed by atoms with Crippen molar-refractivity contribution in [1.29, 1.82) is 0 Å². The van der Waals surface area contributed by atoms with Crippen LogP contribution in [0.4, 0.5) is 0 Å². The minimum Gasteiger partial charge on any atom is -0.367 e. The number of dihydropyridines is 1. The van der Waals surface area contributed by atoms with Crippen LogP contribution in [-0.2, 0) is 0 Å². The van der Waals surface area contributed by atoms with Crippen molar-refractivity contribution in [1.82, 2.24) is 15.3 Å². The highest BCUT2D eigenvalue weighted by Crippen LogP contribution is 2.40. The standard InChI is InChI=1S/C16H25N4O/c1-4-18(5-2)20-11-13-10-19(21)9-12(3)15(13)14-7-6-8-17-16(14)20/h6-8,11-12,15-17H,4-5,9-10H2,1-3H3/q+1. The molecule has 0 spiro atoms. The molecular formula is C16H25N4O+. The first-order valence-electron chi connectivity index (χ1n) is 7.94. The van der Waals surface area contributed by atoms with Gasteiger partial charge in [0.1, 0.15) is 6.17 Å². The first-order valence-corrected chi connectivity index (χ1v) is 7.94. The molecule has 0 aromatic carbocycles. The summed E-state index contributed by atoms with van der Waals surface area (Å²) in [5.74, 6) is 0.757. The number of nitrogens with zero attached hydrogens (tertiary/aromatic N) is 3. The second kappa shape index (κ2) is 5.64. The Kier molecular flexibility index (Phi) is 3.85. The lowest BCUT2D eigenvalue weighted by Crippen LogP contribution is -2.57. The molecule has 0 radical (unpaired) electrons. The number of nitroso groups, excluding NO2 is 1. The van der Waals surface area contributed by atoms with E-state index in [0.29, 0.717) is 24.9 Å². The van der Waals surface area contributed by atoms with E-state index < -0.39 is 0 Å². The monoisotopic (exact) mass is 289 g/mol. The number of piperidine rings is 1. The maximum absolute atomic E-state index is 11.9. The lowest BCUT2D eigenvalue weighted by Gasteiger charge is -2.48. The molecule has 3 unspecified atom stereocenters. The van der Waals surface area contributed by atoms with E-state index in [1.807, 2.05) is 6.20 Å². The molecule has 0 saturated carbocycles. The molecule has 3 aliphatic rings. The van der Waals surface area contributed by atoms with Crippen LogP contribution >= 0.6 is 0 Å². The quantitative estimate of drug-likeness (QED) is 0.805. The van der Waals surface area contributed by atoms with Gasteiger partial charge in [-0.15, -0.1) is 0 Å². The largest absolute Gasteiger partial charge is 0.367 e. The van der Waals surface area contributed by atoms with Gasteiger partial charge in [-0.1, -0.05) is 26.8 Å². The Bertz CT molecular complexity index is 518. The first-order chi connectivity index (χ1) is 10.2. The van der Waals surface area contributed by atoms with Gasteiger partial charge in [-0.05, 0) is 17.8 Å². The Morgan fingerprint density at radius 3 is 2.90 bits per heavy atom. The van der Waals surface area contributed by atoms with Crippen molar-refractivity contribution in [3.63, 3.8) is 0 Å². The number of rotatable bonds is 3. The van der Waals surface area contributed by atoms with Crippen LogP contribution in [0.5, 0.6) is 0 Å². The normalized spacial score (nSPS) is 31.3. The molecule has 0 bridgehead atoms. The fourth-order valence-corrected chi connectivity index (χ4v) is 3.86. The first kappa shape index (κ1) is 14.3. The topological polar surface area (TPSA) is 38.6 Å². The summed E-state index contributed by atoms with van der Waals surface area (Å²) in [6, 6.07) is 0. The SMILES string of the molecule is CCN(CC)N1C=C2C[N+](=O)CC(C)C2C2=CC=CNC21. The van der Waals surface area contributed by atoms with Crippen molar-refractivity contribution in [2.75, 3.05) is 26.2 Å². The van der Waals surface area contributed by atoms with Gasteiger partial charge in [-0.25, -0.2) is 5.01 Å².